The molecule has 20 heavy (non-hydrogen) atoms. The number of nitrogens with two attached hydrogens (primary N) is 1. The molecule has 0 radical (unpaired) electrons. The molecule has 0 heterocycles. The Morgan fingerprint density at radius 2 is 2.05 bits per heavy atom. The average molecular weight is 335 g/mol. The van der Waals surface area contributed by atoms with Gasteiger partial charge in [-0.3, -0.25) is 0 Å². The number of nitrogens with one attached hydrogen (secondary N) is 1. The lowest BCUT2D eigenvalue weighted by atomic mass is 10.1. The first-order valence-corrected chi connectivity index (χ1v) is 6.82. The Morgan fingerprint density at radius 3 is 2.70 bits per heavy atom. The van der Waals surface area contributed by atoms with Crippen LogP contribution in [0.1, 0.15) is 15.9 Å². The number of carbonyl (C=O) groups excluding carboxylic acids is 1. The summed E-state index contributed by atoms with van der Waals surface area (Å²) in [6, 6.07) is 11.1. The minimum Gasteiger partial charge on any atom is -0.465 e. The van der Waals surface area contributed by atoms with Crippen molar-refractivity contribution in [3.8, 4) is 0 Å². The van der Waals surface area contributed by atoms with Crippen LogP contribution in [-0.2, 0) is 4.74 Å². The van der Waals surface area contributed by atoms with E-state index in [-0.39, 0.29) is 0 Å². The van der Waals surface area contributed by atoms with Crippen molar-refractivity contribution in [1.29, 1.82) is 0 Å². The molecule has 0 aromatic heterocycles. The molecule has 2 aromatic rings. The lowest BCUT2D eigenvalue weighted by Crippen LogP contribution is -2.07. The van der Waals surface area contributed by atoms with Crippen LogP contribution < -0.4 is 11.1 Å². The molecular weight excluding hydrogens is 320 g/mol. The monoisotopic (exact) mass is 334 g/mol. The highest BCUT2D eigenvalue weighted by Crippen LogP contribution is 2.28. The molecule has 2 aromatic carbocycles. The Balaban J connectivity index is 2.34. The maximum atomic E-state index is 11.6. The number of nitrogen functional groups attached to an aromatic ring is 1. The second-order valence-corrected chi connectivity index (χ2v) is 5.20. The highest BCUT2D eigenvalue weighted by molar-refractivity contribution is 9.10. The van der Waals surface area contributed by atoms with Crippen LogP contribution in [-0.4, -0.2) is 13.1 Å². The van der Waals surface area contributed by atoms with Crippen LogP contribution in [0.4, 0.5) is 17.1 Å². The summed E-state index contributed by atoms with van der Waals surface area (Å²) < 4.78 is 5.75. The highest BCUT2D eigenvalue weighted by Gasteiger charge is 2.12. The highest BCUT2D eigenvalue weighted by atomic mass is 79.9. The number of hydrogen-bond donors (Lipinski definition) is 2. The summed E-state index contributed by atoms with van der Waals surface area (Å²) in [5.74, 6) is -0.446. The second-order valence-electron chi connectivity index (χ2n) is 4.35. The number of rotatable bonds is 3. The van der Waals surface area contributed by atoms with Crippen molar-refractivity contribution in [3.63, 3.8) is 0 Å². The molecule has 4 nitrogen and oxygen atoms in total. The maximum absolute atomic E-state index is 11.6. The van der Waals surface area contributed by atoms with E-state index in [2.05, 4.69) is 21.2 Å². The average Bonchev–Trinajstić information content (AvgIpc) is 2.44. The van der Waals surface area contributed by atoms with E-state index in [1.807, 2.05) is 31.2 Å². The molecule has 0 spiro atoms. The molecule has 0 fully saturated rings. The van der Waals surface area contributed by atoms with Gasteiger partial charge in [0.2, 0.25) is 0 Å². The molecule has 0 aliphatic rings. The molecule has 5 heteroatoms. The van der Waals surface area contributed by atoms with Crippen LogP contribution >= 0.6 is 15.9 Å². The Kier molecular flexibility index (Phi) is 4.29. The number of hydrogen-bond acceptors (Lipinski definition) is 4. The van der Waals surface area contributed by atoms with Gasteiger partial charge >= 0.3 is 5.97 Å². The zero-order valence-corrected chi connectivity index (χ0v) is 12.8. The largest absolute Gasteiger partial charge is 0.465 e. The normalized spacial score (nSPS) is 10.2. The SMILES string of the molecule is COC(=O)c1cccc(Nc2ccc(Br)c(C)c2)c1N. The lowest BCUT2D eigenvalue weighted by Gasteiger charge is -2.12. The van der Waals surface area contributed by atoms with Crippen LogP contribution in [0.5, 0.6) is 0 Å². The topological polar surface area (TPSA) is 64.3 Å². The summed E-state index contributed by atoms with van der Waals surface area (Å²) in [5.41, 5.74) is 9.42. The van der Waals surface area contributed by atoms with Crippen molar-refractivity contribution in [2.45, 2.75) is 6.92 Å². The summed E-state index contributed by atoms with van der Waals surface area (Å²) in [7, 11) is 1.33. The molecule has 0 saturated heterocycles. The van der Waals surface area contributed by atoms with E-state index >= 15 is 0 Å². The van der Waals surface area contributed by atoms with Gasteiger partial charge in [-0.05, 0) is 42.8 Å². The van der Waals surface area contributed by atoms with Crippen molar-refractivity contribution in [1.82, 2.24) is 0 Å². The number of aryl methyl sites for hydroxylation is 1. The predicted molar refractivity (Wildman–Crippen MR) is 84.4 cm³/mol. The molecule has 0 amide bonds. The Labute approximate surface area is 126 Å². The number of ether oxygens (including phenoxy) is 1. The third-order valence-electron chi connectivity index (χ3n) is 2.95. The number of esters is 1. The fourth-order valence-electron chi connectivity index (χ4n) is 1.84. The van der Waals surface area contributed by atoms with Crippen molar-refractivity contribution in [2.75, 3.05) is 18.2 Å². The van der Waals surface area contributed by atoms with Crippen LogP contribution in [0, 0.1) is 6.92 Å². The van der Waals surface area contributed by atoms with Crippen LogP contribution in [0.25, 0.3) is 0 Å². The van der Waals surface area contributed by atoms with E-state index in [0.29, 0.717) is 16.9 Å². The quantitative estimate of drug-likeness (QED) is 0.660. The lowest BCUT2D eigenvalue weighted by molar-refractivity contribution is 0.0602. The van der Waals surface area contributed by atoms with E-state index in [1.165, 1.54) is 7.11 Å². The van der Waals surface area contributed by atoms with Crippen molar-refractivity contribution in [3.05, 3.63) is 52.0 Å². The molecule has 0 bridgehead atoms. The fourth-order valence-corrected chi connectivity index (χ4v) is 2.09. The Morgan fingerprint density at radius 1 is 1.30 bits per heavy atom. The van der Waals surface area contributed by atoms with Crippen molar-refractivity contribution >= 4 is 39.0 Å². The van der Waals surface area contributed by atoms with Gasteiger partial charge < -0.3 is 15.8 Å². The Hall–Kier alpha value is -2.01. The van der Waals surface area contributed by atoms with Gasteiger partial charge in [-0.15, -0.1) is 0 Å². The number of methoxy groups -OCH3 is 1. The van der Waals surface area contributed by atoms with Crippen LogP contribution in [0.15, 0.2) is 40.9 Å². The molecule has 0 saturated carbocycles. The van der Waals surface area contributed by atoms with E-state index in [9.17, 15) is 4.79 Å². The van der Waals surface area contributed by atoms with Gasteiger partial charge in [0.25, 0.3) is 0 Å². The summed E-state index contributed by atoms with van der Waals surface area (Å²) in [5, 5.41) is 3.21. The first-order chi connectivity index (χ1) is 9.52. The summed E-state index contributed by atoms with van der Waals surface area (Å²) in [6.07, 6.45) is 0. The summed E-state index contributed by atoms with van der Waals surface area (Å²) in [6.45, 7) is 2.00. The fraction of sp³-hybridized carbons (Fsp3) is 0.133. The van der Waals surface area contributed by atoms with E-state index in [0.717, 1.165) is 15.7 Å². The van der Waals surface area contributed by atoms with Crippen molar-refractivity contribution in [2.24, 2.45) is 0 Å². The standard InChI is InChI=1S/C15H15BrN2O2/c1-9-8-10(6-7-12(9)16)18-13-5-3-4-11(14(13)17)15(19)20-2/h3-8,18H,17H2,1-2H3. The molecule has 0 atom stereocenters. The van der Waals surface area contributed by atoms with Gasteiger partial charge in [-0.25, -0.2) is 4.79 Å². The molecule has 2 rings (SSSR count). The Bertz CT molecular complexity index is 656. The third-order valence-corrected chi connectivity index (χ3v) is 3.84. The van der Waals surface area contributed by atoms with Crippen LogP contribution in [0.3, 0.4) is 0 Å². The van der Waals surface area contributed by atoms with Gasteiger partial charge in [0.1, 0.15) is 0 Å². The number of halogens is 1. The maximum Gasteiger partial charge on any atom is 0.340 e. The molecule has 0 aliphatic heterocycles. The molecule has 0 unspecified atom stereocenters. The minimum atomic E-state index is -0.446. The minimum absolute atomic E-state index is 0.353. The predicted octanol–water partition coefficient (Wildman–Crippen LogP) is 3.87. The molecule has 104 valence electrons. The smallest absolute Gasteiger partial charge is 0.340 e. The van der Waals surface area contributed by atoms with Gasteiger partial charge in [-0.1, -0.05) is 22.0 Å². The molecular formula is C15H15BrN2O2. The van der Waals surface area contributed by atoms with Gasteiger partial charge in [-0.2, -0.15) is 0 Å². The molecule has 3 N–H and O–H groups in total. The number of benzene rings is 2. The first-order valence-electron chi connectivity index (χ1n) is 6.03. The zero-order valence-electron chi connectivity index (χ0n) is 11.2. The summed E-state index contributed by atoms with van der Waals surface area (Å²) >= 11 is 3.46. The van der Waals surface area contributed by atoms with Gasteiger partial charge in [0.05, 0.1) is 24.0 Å². The van der Waals surface area contributed by atoms with Crippen LogP contribution in [0.2, 0.25) is 0 Å². The van der Waals surface area contributed by atoms with E-state index in [1.54, 1.807) is 12.1 Å². The molecule has 0 aliphatic carbocycles. The number of carbonyl (C=O) groups is 1. The third kappa shape index (κ3) is 2.93. The second kappa shape index (κ2) is 5.96. The van der Waals surface area contributed by atoms with E-state index < -0.39 is 5.97 Å². The van der Waals surface area contributed by atoms with Gasteiger partial charge in [0.15, 0.2) is 0 Å². The van der Waals surface area contributed by atoms with E-state index in [4.69, 9.17) is 10.5 Å². The van der Waals surface area contributed by atoms with Gasteiger partial charge in [0, 0.05) is 10.2 Å². The number of anilines is 3. The summed E-state index contributed by atoms with van der Waals surface area (Å²) in [4.78, 5) is 11.6. The van der Waals surface area contributed by atoms with Crippen molar-refractivity contribution < 1.29 is 9.53 Å². The first kappa shape index (κ1) is 14.4. The zero-order chi connectivity index (χ0) is 14.7. The number of para-hydroxylation sites is 1.